The van der Waals surface area contributed by atoms with E-state index in [0.29, 0.717) is 41.5 Å². The Kier molecular flexibility index (Phi) is 9.79. The zero-order chi connectivity index (χ0) is 32.2. The number of carbonyl (C=O) groups is 1. The number of aryl methyl sites for hydroxylation is 3. The summed E-state index contributed by atoms with van der Waals surface area (Å²) in [7, 11) is 0. The second-order valence-corrected chi connectivity index (χ2v) is 12.2. The van der Waals surface area contributed by atoms with Crippen molar-refractivity contribution in [3.8, 4) is 17.2 Å². The summed E-state index contributed by atoms with van der Waals surface area (Å²) in [5.41, 5.74) is 7.95. The van der Waals surface area contributed by atoms with Gasteiger partial charge in [-0.15, -0.1) is 0 Å². The van der Waals surface area contributed by atoms with E-state index in [9.17, 15) is 10.1 Å². The number of amides is 1. The predicted octanol–water partition coefficient (Wildman–Crippen LogP) is 9.11. The van der Waals surface area contributed by atoms with Gasteiger partial charge in [0.1, 0.15) is 17.6 Å². The molecule has 0 fully saturated rings. The highest BCUT2D eigenvalue weighted by molar-refractivity contribution is 6.32. The Morgan fingerprint density at radius 1 is 1.16 bits per heavy atom. The lowest BCUT2D eigenvalue weighted by Gasteiger charge is -2.28. The van der Waals surface area contributed by atoms with Gasteiger partial charge in [0.15, 0.2) is 0 Å². The summed E-state index contributed by atoms with van der Waals surface area (Å²) in [6.07, 6.45) is 3.48. The maximum Gasteiger partial charge on any atom is 0.254 e. The van der Waals surface area contributed by atoms with Crippen LogP contribution in [0.2, 0.25) is 5.02 Å². The number of hydrogen-bond acceptors (Lipinski definition) is 6. The summed E-state index contributed by atoms with van der Waals surface area (Å²) in [5, 5.41) is 17.2. The van der Waals surface area contributed by atoms with Crippen LogP contribution in [-0.2, 0) is 6.54 Å². The molecule has 45 heavy (non-hydrogen) atoms. The molecule has 234 valence electrons. The molecule has 3 aromatic carbocycles. The van der Waals surface area contributed by atoms with Crippen LogP contribution in [0.4, 0.5) is 21.5 Å². The first-order chi connectivity index (χ1) is 21.6. The molecular formula is C36H39ClFN5O2. The number of fused-ring (bicyclic) bond motifs is 1. The van der Waals surface area contributed by atoms with Gasteiger partial charge >= 0.3 is 0 Å². The van der Waals surface area contributed by atoms with E-state index in [4.69, 9.17) is 16.1 Å². The Morgan fingerprint density at radius 3 is 2.64 bits per heavy atom. The molecule has 5 rings (SSSR count). The number of anilines is 3. The quantitative estimate of drug-likeness (QED) is 0.158. The zero-order valence-corrected chi connectivity index (χ0v) is 27.3. The van der Waals surface area contributed by atoms with Crippen LogP contribution in [0.25, 0.3) is 11.1 Å². The summed E-state index contributed by atoms with van der Waals surface area (Å²) in [6.45, 7) is 11.8. The van der Waals surface area contributed by atoms with Crippen molar-refractivity contribution in [3.05, 3.63) is 93.1 Å². The fourth-order valence-corrected chi connectivity index (χ4v) is 6.36. The van der Waals surface area contributed by atoms with Gasteiger partial charge in [-0.25, -0.2) is 4.39 Å². The van der Waals surface area contributed by atoms with Crippen LogP contribution in [0.3, 0.4) is 0 Å². The molecule has 1 amide bonds. The summed E-state index contributed by atoms with van der Waals surface area (Å²) in [4.78, 5) is 16.9. The highest BCUT2D eigenvalue weighted by Gasteiger charge is 2.31. The second kappa shape index (κ2) is 13.7. The zero-order valence-electron chi connectivity index (χ0n) is 26.5. The number of carbonyl (C=O) groups excluding carboxylic acids is 1. The van der Waals surface area contributed by atoms with Crippen LogP contribution in [0.5, 0.6) is 0 Å². The van der Waals surface area contributed by atoms with Crippen molar-refractivity contribution in [2.45, 2.75) is 72.9 Å². The Balaban J connectivity index is 1.31. The number of hydrogen-bond donors (Lipinski definition) is 1. The fourth-order valence-electron chi connectivity index (χ4n) is 6.14. The van der Waals surface area contributed by atoms with Crippen LogP contribution in [0.1, 0.15) is 78.0 Å². The van der Waals surface area contributed by atoms with Gasteiger partial charge in [0, 0.05) is 48.2 Å². The molecule has 1 N–H and O–H groups in total. The fraction of sp³-hybridized carbons (Fsp3) is 0.361. The summed E-state index contributed by atoms with van der Waals surface area (Å²) < 4.78 is 20.5. The monoisotopic (exact) mass is 627 g/mol. The van der Waals surface area contributed by atoms with Gasteiger partial charge in [-0.1, -0.05) is 42.2 Å². The van der Waals surface area contributed by atoms with E-state index < -0.39 is 5.82 Å². The van der Waals surface area contributed by atoms with E-state index in [1.165, 1.54) is 6.07 Å². The Hall–Kier alpha value is -4.35. The number of benzene rings is 3. The van der Waals surface area contributed by atoms with Gasteiger partial charge in [-0.2, -0.15) is 5.26 Å². The highest BCUT2D eigenvalue weighted by Crippen LogP contribution is 2.37. The number of nitriles is 1. The largest absolute Gasteiger partial charge is 0.383 e. The third kappa shape index (κ3) is 6.69. The first kappa shape index (κ1) is 32.1. The number of unbranched alkanes of at least 4 members (excludes halogenated alkanes) is 1. The van der Waals surface area contributed by atoms with E-state index in [0.717, 1.165) is 70.8 Å². The Bertz CT molecular complexity index is 1740. The van der Waals surface area contributed by atoms with Gasteiger partial charge < -0.3 is 19.6 Å². The minimum atomic E-state index is -0.410. The minimum absolute atomic E-state index is 0.0897. The van der Waals surface area contributed by atoms with Crippen molar-refractivity contribution < 1.29 is 13.7 Å². The standard InChI is InChI=1S/C36H39ClFN5O2/c1-6-9-23(3)43-21-28-16-33(32(38)19-30(28)36(43)44)40-14-7-8-15-42(29-13-12-27(20-39)31(37)18-29)34-17-26(11-10-22(34)2)35-24(4)41-45-25(35)5/h10-13,16-19,23,40H,6-9,14-15,21H2,1-5H3. The second-order valence-electron chi connectivity index (χ2n) is 11.8. The van der Waals surface area contributed by atoms with Crippen LogP contribution in [0, 0.1) is 37.9 Å². The molecule has 1 aromatic heterocycles. The molecule has 0 aliphatic carbocycles. The minimum Gasteiger partial charge on any atom is -0.383 e. The Labute approximate surface area is 269 Å². The lowest BCUT2D eigenvalue weighted by molar-refractivity contribution is 0.0708. The third-order valence-electron chi connectivity index (χ3n) is 8.59. The number of nitrogens with one attached hydrogen (secondary N) is 1. The van der Waals surface area contributed by atoms with Gasteiger partial charge in [-0.05, 0) is 100 Å². The first-order valence-corrected chi connectivity index (χ1v) is 15.9. The maximum atomic E-state index is 15.0. The van der Waals surface area contributed by atoms with E-state index in [2.05, 4.69) is 53.5 Å². The van der Waals surface area contributed by atoms with Crippen LogP contribution < -0.4 is 10.2 Å². The number of rotatable bonds is 12. The summed E-state index contributed by atoms with van der Waals surface area (Å²) >= 11 is 6.47. The molecular weight excluding hydrogens is 589 g/mol. The molecule has 9 heteroatoms. The molecule has 4 aromatic rings. The molecule has 0 saturated carbocycles. The molecule has 1 unspecified atom stereocenters. The highest BCUT2D eigenvalue weighted by atomic mass is 35.5. The van der Waals surface area contributed by atoms with E-state index >= 15 is 4.39 Å². The number of aromatic nitrogens is 1. The van der Waals surface area contributed by atoms with Crippen molar-refractivity contribution in [2.75, 3.05) is 23.3 Å². The molecule has 7 nitrogen and oxygen atoms in total. The third-order valence-corrected chi connectivity index (χ3v) is 8.91. The summed E-state index contributed by atoms with van der Waals surface area (Å²) in [5.74, 6) is 0.258. The average molecular weight is 628 g/mol. The normalized spacial score (nSPS) is 13.1. The van der Waals surface area contributed by atoms with Gasteiger partial charge in [-0.3, -0.25) is 4.79 Å². The molecule has 1 aliphatic heterocycles. The smallest absolute Gasteiger partial charge is 0.254 e. The lowest BCUT2D eigenvalue weighted by Crippen LogP contribution is -2.33. The molecule has 2 heterocycles. The van der Waals surface area contributed by atoms with Crippen LogP contribution >= 0.6 is 11.6 Å². The molecule has 0 radical (unpaired) electrons. The predicted molar refractivity (Wildman–Crippen MR) is 178 cm³/mol. The van der Waals surface area contributed by atoms with Crippen molar-refractivity contribution in [1.29, 1.82) is 5.26 Å². The van der Waals surface area contributed by atoms with Crippen LogP contribution in [0.15, 0.2) is 53.1 Å². The average Bonchev–Trinajstić information content (AvgIpc) is 3.52. The maximum absolute atomic E-state index is 15.0. The molecule has 0 bridgehead atoms. The number of nitrogens with zero attached hydrogens (tertiary/aromatic N) is 4. The van der Waals surface area contributed by atoms with Crippen molar-refractivity contribution in [3.63, 3.8) is 0 Å². The molecule has 1 atom stereocenters. The molecule has 1 aliphatic rings. The Morgan fingerprint density at radius 2 is 1.96 bits per heavy atom. The van der Waals surface area contributed by atoms with Gasteiger partial charge in [0.05, 0.1) is 22.0 Å². The topological polar surface area (TPSA) is 85.4 Å². The van der Waals surface area contributed by atoms with Gasteiger partial charge in [0.25, 0.3) is 5.91 Å². The van der Waals surface area contributed by atoms with E-state index in [1.54, 1.807) is 12.1 Å². The van der Waals surface area contributed by atoms with Crippen molar-refractivity contribution in [1.82, 2.24) is 10.1 Å². The molecule has 0 saturated heterocycles. The molecule has 0 spiro atoms. The lowest BCUT2D eigenvalue weighted by atomic mass is 10.0. The van der Waals surface area contributed by atoms with Crippen molar-refractivity contribution in [2.24, 2.45) is 0 Å². The summed E-state index contributed by atoms with van der Waals surface area (Å²) in [6, 6.07) is 17.2. The first-order valence-electron chi connectivity index (χ1n) is 15.5. The van der Waals surface area contributed by atoms with E-state index in [1.807, 2.05) is 37.8 Å². The van der Waals surface area contributed by atoms with Crippen molar-refractivity contribution >= 4 is 34.6 Å². The van der Waals surface area contributed by atoms with Gasteiger partial charge in [0.2, 0.25) is 0 Å². The number of halogens is 2. The SMILES string of the molecule is CCCC(C)N1Cc2cc(NCCCCN(c3ccc(C#N)c(Cl)c3)c3cc(-c4c(C)noc4C)ccc3C)c(F)cc2C1=O. The van der Waals surface area contributed by atoms with Crippen LogP contribution in [-0.4, -0.2) is 35.1 Å². The van der Waals surface area contributed by atoms with E-state index in [-0.39, 0.29) is 11.9 Å².